The summed E-state index contributed by atoms with van der Waals surface area (Å²) >= 11 is 8.69. The quantitative estimate of drug-likeness (QED) is 0.0454. The minimum Gasteiger partial charge on any atom is -0.382 e. The number of carbonyl (C=O) groups excluding carboxylic acids is 5. The van der Waals surface area contributed by atoms with E-state index < -0.39 is 0 Å². The van der Waals surface area contributed by atoms with Crippen LogP contribution in [0.3, 0.4) is 0 Å². The van der Waals surface area contributed by atoms with E-state index >= 15 is 0 Å². The van der Waals surface area contributed by atoms with Gasteiger partial charge in [-0.25, -0.2) is 0 Å². The molecule has 0 aliphatic heterocycles. The van der Waals surface area contributed by atoms with Crippen molar-refractivity contribution in [2.24, 2.45) is 0 Å². The molecule has 24 nitrogen and oxygen atoms in total. The average molecular weight is 1740 g/mol. The Bertz CT molecular complexity index is 6520. The predicted octanol–water partition coefficient (Wildman–Crippen LogP) is 19.1. The zero-order valence-electron chi connectivity index (χ0n) is 66.5. The summed E-state index contributed by atoms with van der Waals surface area (Å²) in [5, 5.41) is 54.2. The Morgan fingerprint density at radius 2 is 0.803 bits per heavy atom. The lowest BCUT2D eigenvalue weighted by atomic mass is 10.1. The molecule has 0 spiro atoms. The van der Waals surface area contributed by atoms with E-state index in [0.717, 1.165) is 92.9 Å². The highest BCUT2D eigenvalue weighted by Gasteiger charge is 2.22. The van der Waals surface area contributed by atoms with Crippen molar-refractivity contribution in [3.05, 3.63) is 352 Å². The smallest absolute Gasteiger partial charge is 0.245 e. The van der Waals surface area contributed by atoms with Crippen molar-refractivity contribution >= 4 is 104 Å². The third kappa shape index (κ3) is 24.2. The standard InChI is InChI=1S/C19H15N3O.C17H11ClN4.C17H13N3.C13H12IN3O2.C13H13N3O2.C9H9N3.C8H6/c1-14(23)20-19-17(13-12-15-8-4-2-5-9-15)18(21-22-19)16-10-6-3-7-11-16;18-14-13-15(11-7-3-1-4-8-11)19-21-17(13)22-20-16(14)12-9-5-2-6-10-12;18-17-15(12-11-13-7-3-1-4-8-13)16(19-20-17)14-9-5-2-6-10-14;1-8(18)15-13-11(14)12(16-17(13)9(2)19)10-6-4-3-5-7-10;1-9(17)14-13-8-12(15-16(13)10(2)18)11-6-4-3-5-7-11;10-9-6-8(11-12-9)7-4-2-1-3-5-7;1-2-8-6-4-3-5-7-8/h2-11H,1H3,(H2,20,21,22,23);1-10H,(H,19,21,22);1-10H,(H3,18,19,20);3-7H,1-2H3,(H,15,18);3-8H,1-2H3,(H,14,17);1-6H,(H3,10,11,12);1,3-7H. The molecule has 10 aromatic carbocycles. The normalized spacial score (nSPS) is 10.0. The number of rotatable bonds is 10. The zero-order valence-corrected chi connectivity index (χ0v) is 69.4. The van der Waals surface area contributed by atoms with Gasteiger partial charge in [0.1, 0.15) is 23.0 Å². The van der Waals surface area contributed by atoms with Gasteiger partial charge < -0.3 is 27.4 Å². The molecule has 0 saturated carbocycles. The molecule has 0 unspecified atom stereocenters. The van der Waals surface area contributed by atoms with Gasteiger partial charge in [-0.1, -0.05) is 308 Å². The highest BCUT2D eigenvalue weighted by Crippen LogP contribution is 2.37. The number of halogens is 2. The minimum absolute atomic E-state index is 0.182. The van der Waals surface area contributed by atoms with Crippen LogP contribution < -0.4 is 27.4 Å². The number of carbonyl (C=O) groups is 5. The fourth-order valence-electron chi connectivity index (χ4n) is 11.6. The van der Waals surface area contributed by atoms with Crippen LogP contribution in [0.2, 0.25) is 5.02 Å². The molecule has 7 aromatic heterocycles. The maximum atomic E-state index is 11.6. The summed E-state index contributed by atoms with van der Waals surface area (Å²) in [6, 6.07) is 101. The Hall–Kier alpha value is -16.2. The molecular formula is C96H79ClIN19O5. The number of amides is 3. The third-order valence-electron chi connectivity index (χ3n) is 17.2. The van der Waals surface area contributed by atoms with Crippen molar-refractivity contribution < 1.29 is 24.0 Å². The largest absolute Gasteiger partial charge is 0.382 e. The van der Waals surface area contributed by atoms with E-state index in [0.29, 0.717) is 62.4 Å². The second kappa shape index (κ2) is 43.7. The number of nitrogens with one attached hydrogen (secondary N) is 7. The first-order chi connectivity index (χ1) is 59.3. The van der Waals surface area contributed by atoms with Gasteiger partial charge in [-0.3, -0.25) is 44.4 Å². The van der Waals surface area contributed by atoms with Crippen molar-refractivity contribution in [2.45, 2.75) is 34.6 Å². The third-order valence-corrected chi connectivity index (χ3v) is 18.6. The Morgan fingerprint density at radius 1 is 0.402 bits per heavy atom. The predicted molar refractivity (Wildman–Crippen MR) is 491 cm³/mol. The molecule has 0 radical (unpaired) electrons. The lowest BCUT2D eigenvalue weighted by Crippen LogP contribution is -2.16. The lowest BCUT2D eigenvalue weighted by Gasteiger charge is -2.04. The summed E-state index contributed by atoms with van der Waals surface area (Å²) in [6.45, 7) is 7.04. The monoisotopic (exact) mass is 1740 g/mol. The number of benzene rings is 10. The number of hydrogen-bond donors (Lipinski definition) is 9. The van der Waals surface area contributed by atoms with E-state index in [2.05, 4.69) is 129 Å². The van der Waals surface area contributed by atoms with Crippen molar-refractivity contribution in [2.75, 3.05) is 27.4 Å². The number of anilines is 5. The van der Waals surface area contributed by atoms with E-state index in [1.807, 2.05) is 309 Å². The van der Waals surface area contributed by atoms with Gasteiger partial charge in [0.25, 0.3) is 0 Å². The molecule has 11 N–H and O–H groups in total. The minimum atomic E-state index is -0.249. The van der Waals surface area contributed by atoms with Crippen LogP contribution in [0.15, 0.2) is 315 Å². The van der Waals surface area contributed by atoms with Crippen LogP contribution in [-0.2, 0) is 14.4 Å². The molecule has 0 saturated heterocycles. The average Bonchev–Trinajstić information content (AvgIpc) is 1.53. The molecule has 0 fully saturated rings. The Morgan fingerprint density at radius 3 is 1.25 bits per heavy atom. The highest BCUT2D eigenvalue weighted by atomic mass is 127. The first-order valence-electron chi connectivity index (χ1n) is 37.7. The van der Waals surface area contributed by atoms with Gasteiger partial charge in [0, 0.05) is 96.8 Å². The summed E-state index contributed by atoms with van der Waals surface area (Å²) in [5.74, 6) is 16.0. The molecule has 17 aromatic rings. The molecule has 0 aliphatic rings. The van der Waals surface area contributed by atoms with Gasteiger partial charge in [0.2, 0.25) is 35.2 Å². The number of fused-ring (bicyclic) bond motifs is 1. The van der Waals surface area contributed by atoms with Crippen molar-refractivity contribution in [3.63, 3.8) is 0 Å². The highest BCUT2D eigenvalue weighted by molar-refractivity contribution is 14.1. The van der Waals surface area contributed by atoms with Gasteiger partial charge in [-0.15, -0.1) is 16.6 Å². The molecule has 26 heteroatoms. The number of nitrogens with two attached hydrogens (primary N) is 2. The topological polar surface area (TPSA) is 350 Å². The number of aromatic nitrogens is 14. The summed E-state index contributed by atoms with van der Waals surface area (Å²) in [4.78, 5) is 56.7. The molecule has 0 atom stereocenters. The number of nitrogens with zero attached hydrogens (tertiary/aromatic N) is 10. The van der Waals surface area contributed by atoms with Crippen LogP contribution in [0.5, 0.6) is 0 Å². The number of H-pyrrole nitrogens is 4. The second-order valence-electron chi connectivity index (χ2n) is 26.2. The lowest BCUT2D eigenvalue weighted by molar-refractivity contribution is -0.115. The van der Waals surface area contributed by atoms with Crippen molar-refractivity contribution in [1.29, 1.82) is 0 Å². The van der Waals surface area contributed by atoms with Gasteiger partial charge in [-0.2, -0.15) is 40.0 Å². The second-order valence-corrected chi connectivity index (χ2v) is 27.6. The van der Waals surface area contributed by atoms with Crippen molar-refractivity contribution in [1.82, 2.24) is 70.5 Å². The first kappa shape index (κ1) is 86.7. The maximum Gasteiger partial charge on any atom is 0.245 e. The number of terminal acetylenes is 1. The van der Waals surface area contributed by atoms with E-state index in [4.69, 9.17) is 29.5 Å². The fraction of sp³-hybridized carbons (Fsp3) is 0.0521. The molecule has 602 valence electrons. The molecule has 0 aliphatic carbocycles. The first-order valence-corrected chi connectivity index (χ1v) is 39.2. The summed E-state index contributed by atoms with van der Waals surface area (Å²) in [5.41, 5.74) is 28.4. The van der Waals surface area contributed by atoms with Crippen LogP contribution in [0.4, 0.5) is 29.1 Å². The number of nitrogen functional groups attached to an aromatic ring is 2. The fourth-order valence-corrected chi connectivity index (χ4v) is 12.7. The molecule has 7 heterocycles. The van der Waals surface area contributed by atoms with Crippen LogP contribution >= 0.6 is 34.2 Å². The van der Waals surface area contributed by atoms with E-state index in [1.165, 1.54) is 44.0 Å². The van der Waals surface area contributed by atoms with Gasteiger partial charge in [0.15, 0.2) is 17.5 Å². The molecular weight excluding hydrogens is 1660 g/mol. The number of aromatic amines is 4. The Kier molecular flexibility index (Phi) is 31.1. The van der Waals surface area contributed by atoms with Crippen LogP contribution in [0, 0.1) is 39.6 Å². The number of hydrogen-bond acceptors (Lipinski definition) is 15. The summed E-state index contributed by atoms with van der Waals surface area (Å²) in [7, 11) is 0. The Labute approximate surface area is 722 Å². The van der Waals surface area contributed by atoms with E-state index in [9.17, 15) is 24.0 Å². The van der Waals surface area contributed by atoms with Crippen LogP contribution in [0.1, 0.15) is 72.0 Å². The van der Waals surface area contributed by atoms with Crippen LogP contribution in [-0.4, -0.2) is 100 Å². The van der Waals surface area contributed by atoms with Gasteiger partial charge in [0.05, 0.1) is 53.6 Å². The van der Waals surface area contributed by atoms with Gasteiger partial charge >= 0.3 is 0 Å². The van der Waals surface area contributed by atoms with Crippen LogP contribution in [0.25, 0.3) is 89.8 Å². The summed E-state index contributed by atoms with van der Waals surface area (Å²) < 4.78 is 3.14. The summed E-state index contributed by atoms with van der Waals surface area (Å²) in [6.07, 6.45) is 5.10. The molecule has 122 heavy (non-hydrogen) atoms. The Balaban J connectivity index is 0.000000141. The maximum absolute atomic E-state index is 11.6. The molecule has 17 rings (SSSR count). The van der Waals surface area contributed by atoms with E-state index in [-0.39, 0.29) is 29.5 Å². The zero-order chi connectivity index (χ0) is 86.1. The SMILES string of the molecule is C#Cc1ccccc1.CC(=O)Nc1c(I)c(-c2ccccc2)nn1C(C)=O.CC(=O)Nc1cc(-c2ccccc2)nn1C(C)=O.CC(=O)Nc1n[nH]c(-c2ccccc2)c1C#Cc1ccccc1.Clc1c(-c2ccccc2)nnc2n[nH]c(-c3ccccc3)c12.Nc1cc(-c2ccccc2)[nH]n1.Nc1n[nH]c(-c2ccccc2)c1C#Cc1ccccc1. The van der Waals surface area contributed by atoms with E-state index in [1.54, 1.807) is 6.07 Å². The molecule has 3 amide bonds. The van der Waals surface area contributed by atoms with Gasteiger partial charge in [-0.05, 0) is 64.6 Å². The van der Waals surface area contributed by atoms with Crippen molar-refractivity contribution in [3.8, 4) is 115 Å². The molecule has 0 bridgehead atoms.